The molecule has 0 aromatic heterocycles. The summed E-state index contributed by atoms with van der Waals surface area (Å²) in [6.07, 6.45) is 2.04. The van der Waals surface area contributed by atoms with Crippen molar-refractivity contribution in [1.82, 2.24) is 4.90 Å². The van der Waals surface area contributed by atoms with Crippen LogP contribution in [0.3, 0.4) is 0 Å². The Bertz CT molecular complexity index is 898. The van der Waals surface area contributed by atoms with Crippen molar-refractivity contribution in [2.45, 2.75) is 19.8 Å². The number of halogens is 1. The number of hydrogen-bond acceptors (Lipinski definition) is 3. The maximum absolute atomic E-state index is 13.3. The normalized spacial score (nSPS) is 18.6. The minimum absolute atomic E-state index is 0.245. The number of rotatable bonds is 3. The van der Waals surface area contributed by atoms with E-state index in [9.17, 15) is 9.59 Å². The molecule has 4 rings (SSSR count). The molecule has 138 valence electrons. The highest BCUT2D eigenvalue weighted by molar-refractivity contribution is 6.45. The molecule has 2 aliphatic rings. The molecule has 0 unspecified atom stereocenters. The Morgan fingerprint density at radius 3 is 2.15 bits per heavy atom. The van der Waals surface area contributed by atoms with E-state index < -0.39 is 0 Å². The Labute approximate surface area is 164 Å². The molecular weight excluding hydrogens is 360 g/mol. The highest BCUT2D eigenvalue weighted by Gasteiger charge is 2.42. The second-order valence-corrected chi connectivity index (χ2v) is 7.62. The first-order valence-electron chi connectivity index (χ1n) is 9.25. The van der Waals surface area contributed by atoms with Gasteiger partial charge in [-0.2, -0.15) is 0 Å². The third-order valence-corrected chi connectivity index (χ3v) is 5.56. The quantitative estimate of drug-likeness (QED) is 0.743. The molecule has 27 heavy (non-hydrogen) atoms. The van der Waals surface area contributed by atoms with E-state index >= 15 is 0 Å². The predicted octanol–water partition coefficient (Wildman–Crippen LogP) is 4.36. The van der Waals surface area contributed by atoms with Gasteiger partial charge in [0.2, 0.25) is 0 Å². The first-order valence-corrected chi connectivity index (χ1v) is 9.63. The first-order chi connectivity index (χ1) is 13.1. The molecular formula is C22H21ClN2O2. The average Bonchev–Trinajstić information content (AvgIpc) is 2.94. The van der Waals surface area contributed by atoms with Gasteiger partial charge < -0.3 is 4.90 Å². The topological polar surface area (TPSA) is 40.6 Å². The van der Waals surface area contributed by atoms with Gasteiger partial charge in [-0.3, -0.25) is 9.59 Å². The van der Waals surface area contributed by atoms with Crippen molar-refractivity contribution in [1.29, 1.82) is 0 Å². The Balaban J connectivity index is 1.80. The molecule has 2 aromatic carbocycles. The fraction of sp³-hybridized carbons (Fsp3) is 0.273. The van der Waals surface area contributed by atoms with Crippen LogP contribution in [-0.4, -0.2) is 29.8 Å². The largest absolute Gasteiger partial charge is 0.366 e. The van der Waals surface area contributed by atoms with E-state index in [2.05, 4.69) is 11.8 Å². The third kappa shape index (κ3) is 3.26. The van der Waals surface area contributed by atoms with Crippen molar-refractivity contribution in [3.63, 3.8) is 0 Å². The molecule has 1 saturated heterocycles. The number of amides is 2. The van der Waals surface area contributed by atoms with Crippen molar-refractivity contribution in [2.75, 3.05) is 18.0 Å². The summed E-state index contributed by atoms with van der Waals surface area (Å²) in [5.41, 5.74) is 2.30. The van der Waals surface area contributed by atoms with Crippen LogP contribution in [0.2, 0.25) is 5.02 Å². The van der Waals surface area contributed by atoms with Crippen LogP contribution in [0.4, 0.5) is 5.69 Å². The number of likely N-dealkylation sites (tertiary alicyclic amines) is 1. The zero-order valence-electron chi connectivity index (χ0n) is 15.2. The first kappa shape index (κ1) is 17.8. The van der Waals surface area contributed by atoms with Crippen molar-refractivity contribution >= 4 is 34.7 Å². The number of nitrogens with zero attached hydrogens (tertiary/aromatic N) is 2. The molecule has 0 bridgehead atoms. The number of para-hydroxylation sites is 1. The number of anilines is 1. The molecule has 0 spiro atoms. The minimum Gasteiger partial charge on any atom is -0.366 e. The summed E-state index contributed by atoms with van der Waals surface area (Å²) in [5.74, 6) is 0.117. The summed E-state index contributed by atoms with van der Waals surface area (Å²) >= 11 is 6.02. The number of imide groups is 1. The van der Waals surface area contributed by atoms with Crippen LogP contribution in [0.1, 0.15) is 25.3 Å². The van der Waals surface area contributed by atoms with Gasteiger partial charge in [0.25, 0.3) is 11.8 Å². The van der Waals surface area contributed by atoms with Gasteiger partial charge in [-0.05, 0) is 48.6 Å². The highest BCUT2D eigenvalue weighted by atomic mass is 35.5. The van der Waals surface area contributed by atoms with Gasteiger partial charge >= 0.3 is 0 Å². The summed E-state index contributed by atoms with van der Waals surface area (Å²) in [5, 5.41) is 0.601. The molecule has 0 atom stereocenters. The molecule has 2 heterocycles. The Morgan fingerprint density at radius 1 is 0.889 bits per heavy atom. The van der Waals surface area contributed by atoms with Crippen LogP contribution in [0.5, 0.6) is 0 Å². The van der Waals surface area contributed by atoms with E-state index in [4.69, 9.17) is 11.6 Å². The Kier molecular flexibility index (Phi) is 4.75. The second kappa shape index (κ2) is 7.20. The van der Waals surface area contributed by atoms with Crippen molar-refractivity contribution in [2.24, 2.45) is 5.92 Å². The average molecular weight is 381 g/mol. The second-order valence-electron chi connectivity index (χ2n) is 7.18. The molecule has 1 fully saturated rings. The van der Waals surface area contributed by atoms with E-state index in [1.807, 2.05) is 30.3 Å². The van der Waals surface area contributed by atoms with Crippen LogP contribution in [0.15, 0.2) is 60.3 Å². The Hall–Kier alpha value is -2.59. The van der Waals surface area contributed by atoms with Gasteiger partial charge in [-0.25, -0.2) is 4.90 Å². The molecule has 0 aliphatic carbocycles. The molecule has 0 N–H and O–H groups in total. The smallest absolute Gasteiger partial charge is 0.282 e. The van der Waals surface area contributed by atoms with Gasteiger partial charge in [0.15, 0.2) is 0 Å². The van der Waals surface area contributed by atoms with Gasteiger partial charge in [-0.15, -0.1) is 0 Å². The fourth-order valence-electron chi connectivity index (χ4n) is 3.73. The number of benzene rings is 2. The van der Waals surface area contributed by atoms with Gasteiger partial charge in [-0.1, -0.05) is 48.9 Å². The van der Waals surface area contributed by atoms with Crippen LogP contribution in [-0.2, 0) is 9.59 Å². The van der Waals surface area contributed by atoms with Crippen LogP contribution >= 0.6 is 11.6 Å². The molecule has 2 amide bonds. The lowest BCUT2D eigenvalue weighted by Crippen LogP contribution is -2.38. The number of hydrogen-bond donors (Lipinski definition) is 0. The minimum atomic E-state index is -0.276. The summed E-state index contributed by atoms with van der Waals surface area (Å²) < 4.78 is 0. The highest BCUT2D eigenvalue weighted by Crippen LogP contribution is 2.36. The van der Waals surface area contributed by atoms with Crippen molar-refractivity contribution in [3.05, 3.63) is 70.9 Å². The molecule has 4 nitrogen and oxygen atoms in total. The number of carbonyl (C=O) groups excluding carboxylic acids is 2. The predicted molar refractivity (Wildman–Crippen MR) is 107 cm³/mol. The zero-order valence-corrected chi connectivity index (χ0v) is 15.9. The molecule has 0 saturated carbocycles. The number of carbonyl (C=O) groups is 2. The van der Waals surface area contributed by atoms with Crippen molar-refractivity contribution < 1.29 is 9.59 Å². The van der Waals surface area contributed by atoms with E-state index in [-0.39, 0.29) is 11.8 Å². The van der Waals surface area contributed by atoms with Crippen LogP contribution in [0.25, 0.3) is 5.57 Å². The van der Waals surface area contributed by atoms with Crippen molar-refractivity contribution in [3.8, 4) is 0 Å². The van der Waals surface area contributed by atoms with Crippen LogP contribution < -0.4 is 4.90 Å². The standard InChI is InChI=1S/C22H21ClN2O2/c1-15-11-13-24(14-12-15)20-19(16-7-9-17(23)10-8-16)21(26)25(22(20)27)18-5-3-2-4-6-18/h2-10,15H,11-14H2,1H3. The van der Waals surface area contributed by atoms with E-state index in [0.29, 0.717) is 27.9 Å². The summed E-state index contributed by atoms with van der Waals surface area (Å²) in [6, 6.07) is 16.2. The van der Waals surface area contributed by atoms with E-state index in [1.165, 1.54) is 4.90 Å². The Morgan fingerprint density at radius 2 is 1.52 bits per heavy atom. The van der Waals surface area contributed by atoms with Gasteiger partial charge in [0.1, 0.15) is 5.70 Å². The zero-order chi connectivity index (χ0) is 19.0. The molecule has 2 aromatic rings. The van der Waals surface area contributed by atoms with E-state index in [0.717, 1.165) is 31.5 Å². The maximum atomic E-state index is 13.3. The lowest BCUT2D eigenvalue weighted by molar-refractivity contribution is -0.120. The lowest BCUT2D eigenvalue weighted by Gasteiger charge is -2.32. The van der Waals surface area contributed by atoms with Gasteiger partial charge in [0.05, 0.1) is 11.3 Å². The summed E-state index contributed by atoms with van der Waals surface area (Å²) in [4.78, 5) is 30.0. The molecule has 2 aliphatic heterocycles. The number of piperidine rings is 1. The monoisotopic (exact) mass is 380 g/mol. The summed E-state index contributed by atoms with van der Waals surface area (Å²) in [6.45, 7) is 3.80. The SMILES string of the molecule is CC1CCN(C2=C(c3ccc(Cl)cc3)C(=O)N(c3ccccc3)C2=O)CC1. The lowest BCUT2D eigenvalue weighted by atomic mass is 9.97. The molecule has 0 radical (unpaired) electrons. The summed E-state index contributed by atoms with van der Waals surface area (Å²) in [7, 11) is 0. The van der Waals surface area contributed by atoms with Crippen LogP contribution in [0, 0.1) is 5.92 Å². The fourth-order valence-corrected chi connectivity index (χ4v) is 3.86. The van der Waals surface area contributed by atoms with Gasteiger partial charge in [0, 0.05) is 18.1 Å². The maximum Gasteiger partial charge on any atom is 0.282 e. The van der Waals surface area contributed by atoms with E-state index in [1.54, 1.807) is 24.3 Å². The third-order valence-electron chi connectivity index (χ3n) is 5.31. The molecule has 5 heteroatoms.